The molecular formula is C24H24N4O3. The number of nitrogens with zero attached hydrogens (tertiary/aromatic N) is 4. The molecule has 0 saturated heterocycles. The van der Waals surface area contributed by atoms with Gasteiger partial charge in [-0.15, -0.1) is 0 Å². The number of fused-ring (bicyclic) bond motifs is 1. The van der Waals surface area contributed by atoms with Gasteiger partial charge in [-0.3, -0.25) is 4.79 Å². The lowest BCUT2D eigenvalue weighted by Crippen LogP contribution is -2.32. The molecule has 4 rings (SSSR count). The monoisotopic (exact) mass is 416 g/mol. The zero-order chi connectivity index (χ0) is 22.0. The van der Waals surface area contributed by atoms with Crippen LogP contribution in [0.5, 0.6) is 5.75 Å². The molecule has 7 heteroatoms. The molecule has 0 fully saturated rings. The van der Waals surface area contributed by atoms with Gasteiger partial charge in [0.15, 0.2) is 5.82 Å². The van der Waals surface area contributed by atoms with Crippen molar-refractivity contribution in [2.45, 2.75) is 32.7 Å². The van der Waals surface area contributed by atoms with Crippen molar-refractivity contribution in [1.82, 2.24) is 9.78 Å². The van der Waals surface area contributed by atoms with Gasteiger partial charge in [0.05, 0.1) is 18.5 Å². The summed E-state index contributed by atoms with van der Waals surface area (Å²) in [6, 6.07) is 16.2. The molecule has 0 aliphatic carbocycles. The zero-order valence-electron chi connectivity index (χ0n) is 17.6. The van der Waals surface area contributed by atoms with E-state index in [1.165, 1.54) is 11.1 Å². The van der Waals surface area contributed by atoms with E-state index < -0.39 is 5.97 Å². The van der Waals surface area contributed by atoms with Crippen LogP contribution in [0.2, 0.25) is 0 Å². The summed E-state index contributed by atoms with van der Waals surface area (Å²) < 4.78 is 7.09. The van der Waals surface area contributed by atoms with Crippen LogP contribution in [-0.2, 0) is 24.2 Å². The molecule has 2 heterocycles. The van der Waals surface area contributed by atoms with Crippen LogP contribution in [-0.4, -0.2) is 34.5 Å². The van der Waals surface area contributed by atoms with Crippen LogP contribution in [0.3, 0.4) is 0 Å². The SMILES string of the molecule is COc1ccc(-n2nc(C)c(C#N)c2N2CCc3cc(CCC(=O)O)ccc3C2)cc1. The van der Waals surface area contributed by atoms with E-state index in [0.29, 0.717) is 24.2 Å². The number of rotatable bonds is 6. The quantitative estimate of drug-likeness (QED) is 0.660. The van der Waals surface area contributed by atoms with Crippen molar-refractivity contribution >= 4 is 11.8 Å². The Kier molecular flexibility index (Phi) is 5.63. The van der Waals surface area contributed by atoms with E-state index in [9.17, 15) is 10.1 Å². The average Bonchev–Trinajstić information content (AvgIpc) is 3.13. The van der Waals surface area contributed by atoms with Crippen LogP contribution in [0.15, 0.2) is 42.5 Å². The lowest BCUT2D eigenvalue weighted by atomic mass is 9.95. The summed E-state index contributed by atoms with van der Waals surface area (Å²) in [5.74, 6) is 0.779. The van der Waals surface area contributed by atoms with E-state index in [1.54, 1.807) is 7.11 Å². The van der Waals surface area contributed by atoms with Crippen molar-refractivity contribution in [1.29, 1.82) is 5.26 Å². The molecule has 0 spiro atoms. The first-order valence-corrected chi connectivity index (χ1v) is 10.2. The number of hydrogen-bond donors (Lipinski definition) is 1. The summed E-state index contributed by atoms with van der Waals surface area (Å²) in [5.41, 5.74) is 5.63. The Morgan fingerprint density at radius 2 is 2.00 bits per heavy atom. The predicted molar refractivity (Wildman–Crippen MR) is 117 cm³/mol. The molecule has 1 N–H and O–H groups in total. The highest BCUT2D eigenvalue weighted by molar-refractivity contribution is 5.67. The van der Waals surface area contributed by atoms with Gasteiger partial charge in [-0.05, 0) is 60.7 Å². The fraction of sp³-hybridized carbons (Fsp3) is 0.292. The number of hydrogen-bond acceptors (Lipinski definition) is 5. The molecule has 1 aliphatic rings. The van der Waals surface area contributed by atoms with E-state index in [2.05, 4.69) is 28.2 Å². The van der Waals surface area contributed by atoms with Crippen molar-refractivity contribution in [2.75, 3.05) is 18.6 Å². The Labute approximate surface area is 181 Å². The van der Waals surface area contributed by atoms with Gasteiger partial charge < -0.3 is 14.7 Å². The second-order valence-electron chi connectivity index (χ2n) is 7.67. The number of methoxy groups -OCH3 is 1. The van der Waals surface area contributed by atoms with Crippen LogP contribution in [0.1, 0.15) is 34.4 Å². The van der Waals surface area contributed by atoms with E-state index >= 15 is 0 Å². The molecule has 7 nitrogen and oxygen atoms in total. The van der Waals surface area contributed by atoms with Crippen molar-refractivity contribution < 1.29 is 14.6 Å². The molecule has 0 atom stereocenters. The predicted octanol–water partition coefficient (Wildman–Crippen LogP) is 3.64. The first kappa shape index (κ1) is 20.5. The number of ether oxygens (including phenoxy) is 1. The van der Waals surface area contributed by atoms with Gasteiger partial charge in [0.1, 0.15) is 17.4 Å². The summed E-state index contributed by atoms with van der Waals surface area (Å²) in [4.78, 5) is 13.1. The van der Waals surface area contributed by atoms with Gasteiger partial charge in [-0.25, -0.2) is 4.68 Å². The third-order valence-corrected chi connectivity index (χ3v) is 5.67. The zero-order valence-corrected chi connectivity index (χ0v) is 17.6. The smallest absolute Gasteiger partial charge is 0.303 e. The Morgan fingerprint density at radius 1 is 1.23 bits per heavy atom. The Bertz CT molecular complexity index is 1160. The largest absolute Gasteiger partial charge is 0.497 e. The Balaban J connectivity index is 1.66. The summed E-state index contributed by atoms with van der Waals surface area (Å²) in [5, 5.41) is 23.4. The number of anilines is 1. The third-order valence-electron chi connectivity index (χ3n) is 5.67. The average molecular weight is 416 g/mol. The van der Waals surface area contributed by atoms with E-state index in [-0.39, 0.29) is 6.42 Å². The van der Waals surface area contributed by atoms with Crippen LogP contribution in [0.4, 0.5) is 5.82 Å². The lowest BCUT2D eigenvalue weighted by Gasteiger charge is -2.31. The lowest BCUT2D eigenvalue weighted by molar-refractivity contribution is -0.136. The topological polar surface area (TPSA) is 91.4 Å². The van der Waals surface area contributed by atoms with Crippen LogP contribution >= 0.6 is 0 Å². The van der Waals surface area contributed by atoms with Gasteiger partial charge in [-0.2, -0.15) is 10.4 Å². The van der Waals surface area contributed by atoms with E-state index in [0.717, 1.165) is 35.8 Å². The fourth-order valence-electron chi connectivity index (χ4n) is 4.04. The van der Waals surface area contributed by atoms with Crippen molar-refractivity contribution in [3.05, 3.63) is 70.4 Å². The summed E-state index contributed by atoms with van der Waals surface area (Å²) >= 11 is 0. The normalized spacial score (nSPS) is 12.9. The molecule has 0 amide bonds. The van der Waals surface area contributed by atoms with Crippen molar-refractivity contribution in [3.8, 4) is 17.5 Å². The van der Waals surface area contributed by atoms with Gasteiger partial charge in [0, 0.05) is 19.5 Å². The highest BCUT2D eigenvalue weighted by Gasteiger charge is 2.25. The number of nitriles is 1. The molecule has 0 radical (unpaired) electrons. The van der Waals surface area contributed by atoms with Crippen molar-refractivity contribution in [3.63, 3.8) is 0 Å². The number of carboxylic acid groups (broad SMARTS) is 1. The maximum absolute atomic E-state index is 10.9. The molecule has 31 heavy (non-hydrogen) atoms. The molecule has 3 aromatic rings. The molecule has 158 valence electrons. The van der Waals surface area contributed by atoms with Crippen molar-refractivity contribution in [2.24, 2.45) is 0 Å². The van der Waals surface area contributed by atoms with Gasteiger partial charge >= 0.3 is 5.97 Å². The number of aromatic nitrogens is 2. The maximum atomic E-state index is 10.9. The number of aryl methyl sites for hydroxylation is 2. The minimum Gasteiger partial charge on any atom is -0.497 e. The van der Waals surface area contributed by atoms with Crippen LogP contribution in [0.25, 0.3) is 5.69 Å². The fourth-order valence-corrected chi connectivity index (χ4v) is 4.04. The second-order valence-corrected chi connectivity index (χ2v) is 7.67. The van der Waals surface area contributed by atoms with Crippen LogP contribution in [0, 0.1) is 18.3 Å². The number of carboxylic acids is 1. The van der Waals surface area contributed by atoms with Gasteiger partial charge in [0.25, 0.3) is 0 Å². The summed E-state index contributed by atoms with van der Waals surface area (Å²) in [6.45, 7) is 3.28. The first-order valence-electron chi connectivity index (χ1n) is 10.2. The number of aliphatic carboxylic acids is 1. The third kappa shape index (κ3) is 4.10. The summed E-state index contributed by atoms with van der Waals surface area (Å²) in [7, 11) is 1.63. The van der Waals surface area contributed by atoms with E-state index in [1.807, 2.05) is 41.9 Å². The van der Waals surface area contributed by atoms with E-state index in [4.69, 9.17) is 9.84 Å². The van der Waals surface area contributed by atoms with Gasteiger partial charge in [0.2, 0.25) is 0 Å². The number of benzene rings is 2. The highest BCUT2D eigenvalue weighted by atomic mass is 16.5. The minimum absolute atomic E-state index is 0.136. The van der Waals surface area contributed by atoms with Crippen LogP contribution < -0.4 is 9.64 Å². The Hall–Kier alpha value is -3.79. The second kappa shape index (κ2) is 8.52. The summed E-state index contributed by atoms with van der Waals surface area (Å²) in [6.07, 6.45) is 1.50. The molecule has 1 aromatic heterocycles. The molecule has 1 aliphatic heterocycles. The van der Waals surface area contributed by atoms with Gasteiger partial charge in [-0.1, -0.05) is 18.2 Å². The Morgan fingerprint density at radius 3 is 2.68 bits per heavy atom. The molecular weight excluding hydrogens is 392 g/mol. The molecule has 0 saturated carbocycles. The molecule has 2 aromatic carbocycles. The highest BCUT2D eigenvalue weighted by Crippen LogP contribution is 2.32. The minimum atomic E-state index is -0.782. The molecule has 0 bridgehead atoms. The standard InChI is InChI=1S/C24H24N4O3/c1-16-22(14-25)24(28(26-16)20-6-8-21(31-2)9-7-20)27-12-11-18-13-17(4-10-23(29)30)3-5-19(18)15-27/h3,5-9,13H,4,10-12,15H2,1-2H3,(H,29,30). The first-order chi connectivity index (χ1) is 15.0. The number of carbonyl (C=O) groups is 1. The molecule has 0 unspecified atom stereocenters. The maximum Gasteiger partial charge on any atom is 0.303 e.